The van der Waals surface area contributed by atoms with Crippen molar-refractivity contribution in [2.75, 3.05) is 14.2 Å². The second-order valence-corrected chi connectivity index (χ2v) is 7.98. The minimum atomic E-state index is -0.923. The van der Waals surface area contributed by atoms with Crippen LogP contribution in [0.4, 0.5) is 0 Å². The first-order valence-corrected chi connectivity index (χ1v) is 9.95. The highest BCUT2D eigenvalue weighted by atomic mass is 35.5. The van der Waals surface area contributed by atoms with Gasteiger partial charge in [-0.1, -0.05) is 23.8 Å². The number of amides is 2. The van der Waals surface area contributed by atoms with Crippen molar-refractivity contribution in [3.05, 3.63) is 34.9 Å². The van der Waals surface area contributed by atoms with Crippen LogP contribution >= 0.6 is 11.6 Å². The van der Waals surface area contributed by atoms with Gasteiger partial charge in [-0.15, -0.1) is 0 Å². The van der Waals surface area contributed by atoms with E-state index in [4.69, 9.17) is 25.8 Å². The van der Waals surface area contributed by atoms with Crippen molar-refractivity contribution in [3.63, 3.8) is 0 Å². The van der Waals surface area contributed by atoms with Crippen LogP contribution < -0.4 is 9.47 Å². The van der Waals surface area contributed by atoms with E-state index in [0.717, 1.165) is 11.4 Å². The summed E-state index contributed by atoms with van der Waals surface area (Å²) in [6.45, 7) is 1.53. The number of nitrogens with zero attached hydrogens (tertiary/aromatic N) is 2. The van der Waals surface area contributed by atoms with Gasteiger partial charge in [-0.05, 0) is 31.2 Å². The van der Waals surface area contributed by atoms with E-state index in [1.54, 1.807) is 6.07 Å². The molecule has 9 heteroatoms. The van der Waals surface area contributed by atoms with Gasteiger partial charge >= 0.3 is 5.97 Å². The summed E-state index contributed by atoms with van der Waals surface area (Å²) < 4.78 is 15.7. The Kier molecular flexibility index (Phi) is 5.27. The van der Waals surface area contributed by atoms with Gasteiger partial charge in [-0.25, -0.2) is 4.79 Å². The molecule has 2 aliphatic carbocycles. The lowest BCUT2D eigenvalue weighted by molar-refractivity contribution is -0.148. The number of imide groups is 1. The zero-order chi connectivity index (χ0) is 21.6. The summed E-state index contributed by atoms with van der Waals surface area (Å²) in [6, 6.07) is 3.07. The van der Waals surface area contributed by atoms with Crippen molar-refractivity contribution in [2.45, 2.75) is 19.4 Å². The van der Waals surface area contributed by atoms with Crippen LogP contribution in [0, 0.1) is 23.7 Å². The Bertz CT molecular complexity index is 944. The molecule has 158 valence electrons. The third-order valence-electron chi connectivity index (χ3n) is 5.86. The Morgan fingerprint density at radius 3 is 2.40 bits per heavy atom. The molecule has 30 heavy (non-hydrogen) atoms. The molecule has 1 saturated heterocycles. The van der Waals surface area contributed by atoms with E-state index in [1.807, 2.05) is 12.2 Å². The number of ether oxygens (including phenoxy) is 3. The number of benzene rings is 1. The van der Waals surface area contributed by atoms with Gasteiger partial charge in [0.25, 0.3) is 11.8 Å². The molecule has 0 N–H and O–H groups in total. The standard InChI is InChI=1S/C21H21ClN2O6/c1-10(21(27)29-3)30-18-13(7-14(22)8-15(18)28-2)9-23-24-19(25)16-11-4-5-12(6-11)17(16)20(24)26/h4-5,7-12,16-17H,6H2,1-3H3/t10-,11-,12-,16-,17+/m0/s1. The van der Waals surface area contributed by atoms with Crippen LogP contribution in [-0.2, 0) is 19.1 Å². The summed E-state index contributed by atoms with van der Waals surface area (Å²) in [4.78, 5) is 37.4. The van der Waals surface area contributed by atoms with E-state index in [0.29, 0.717) is 10.6 Å². The van der Waals surface area contributed by atoms with Crippen LogP contribution in [0.25, 0.3) is 0 Å². The highest BCUT2D eigenvalue weighted by molar-refractivity contribution is 6.31. The molecule has 1 heterocycles. The maximum absolute atomic E-state index is 12.8. The lowest BCUT2D eigenvalue weighted by Gasteiger charge is -2.18. The number of methoxy groups -OCH3 is 2. The number of hydrogen-bond donors (Lipinski definition) is 0. The Labute approximate surface area is 178 Å². The molecule has 3 aliphatic rings. The molecule has 0 aromatic heterocycles. The van der Waals surface area contributed by atoms with Gasteiger partial charge in [0.1, 0.15) is 0 Å². The van der Waals surface area contributed by atoms with Crippen molar-refractivity contribution >= 4 is 35.6 Å². The summed E-state index contributed by atoms with van der Waals surface area (Å²) in [5.41, 5.74) is 0.355. The fraction of sp³-hybridized carbons (Fsp3) is 0.429. The fourth-order valence-corrected chi connectivity index (χ4v) is 4.69. The SMILES string of the molecule is COC(=O)[C@H](C)Oc1c(C=NN2C(=O)[C@@H]3[C@H](C2=O)[C@H]2C=C[C@H]3C2)cc(Cl)cc1OC. The molecule has 1 saturated carbocycles. The topological polar surface area (TPSA) is 94.5 Å². The van der Waals surface area contributed by atoms with Gasteiger partial charge < -0.3 is 14.2 Å². The number of hydrogen-bond acceptors (Lipinski definition) is 7. The molecule has 2 fully saturated rings. The maximum Gasteiger partial charge on any atom is 0.346 e. The molecular weight excluding hydrogens is 412 g/mol. The highest BCUT2D eigenvalue weighted by Gasteiger charge is 2.59. The third-order valence-corrected chi connectivity index (χ3v) is 6.07. The zero-order valence-electron chi connectivity index (χ0n) is 16.7. The lowest BCUT2D eigenvalue weighted by Crippen LogP contribution is -2.28. The van der Waals surface area contributed by atoms with Crippen LogP contribution in [0.15, 0.2) is 29.4 Å². The van der Waals surface area contributed by atoms with Crippen molar-refractivity contribution in [1.29, 1.82) is 0 Å². The normalized spacial score (nSPS) is 27.7. The van der Waals surface area contributed by atoms with Crippen LogP contribution in [0.5, 0.6) is 11.5 Å². The molecule has 4 rings (SSSR count). The first kappa shape index (κ1) is 20.4. The largest absolute Gasteiger partial charge is 0.493 e. The molecule has 0 unspecified atom stereocenters. The van der Waals surface area contributed by atoms with Gasteiger partial charge in [-0.2, -0.15) is 10.1 Å². The van der Waals surface area contributed by atoms with Crippen LogP contribution in [-0.4, -0.2) is 49.3 Å². The smallest absolute Gasteiger partial charge is 0.346 e. The number of hydrazone groups is 1. The zero-order valence-corrected chi connectivity index (χ0v) is 17.5. The molecular formula is C21H21ClN2O6. The molecule has 2 amide bonds. The average Bonchev–Trinajstić information content (AvgIpc) is 3.41. The number of carbonyl (C=O) groups excluding carboxylic acids is 3. The average molecular weight is 433 g/mol. The van der Waals surface area contributed by atoms with Gasteiger partial charge in [0.2, 0.25) is 0 Å². The van der Waals surface area contributed by atoms with Crippen LogP contribution in [0.2, 0.25) is 5.02 Å². The van der Waals surface area contributed by atoms with E-state index in [-0.39, 0.29) is 47.0 Å². The monoisotopic (exact) mass is 432 g/mol. The summed E-state index contributed by atoms with van der Waals surface area (Å²) in [5, 5.41) is 5.43. The summed E-state index contributed by atoms with van der Waals surface area (Å²) in [6.07, 6.45) is 5.28. The fourth-order valence-electron chi connectivity index (χ4n) is 4.47. The summed E-state index contributed by atoms with van der Waals surface area (Å²) >= 11 is 6.16. The van der Waals surface area contributed by atoms with Crippen LogP contribution in [0.3, 0.4) is 0 Å². The molecule has 1 aromatic carbocycles. The van der Waals surface area contributed by atoms with Crippen molar-refractivity contribution in [3.8, 4) is 11.5 Å². The molecule has 1 aliphatic heterocycles. The Hall–Kier alpha value is -2.87. The Balaban J connectivity index is 1.63. The summed E-state index contributed by atoms with van der Waals surface area (Å²) in [7, 11) is 2.69. The quantitative estimate of drug-likeness (QED) is 0.296. The predicted octanol–water partition coefficient (Wildman–Crippen LogP) is 2.43. The first-order valence-electron chi connectivity index (χ1n) is 9.57. The van der Waals surface area contributed by atoms with Crippen LogP contribution in [0.1, 0.15) is 18.9 Å². The number of carbonyl (C=O) groups is 3. The predicted molar refractivity (Wildman–Crippen MR) is 107 cm³/mol. The van der Waals surface area contributed by atoms with Gasteiger partial charge in [0.05, 0.1) is 32.3 Å². The highest BCUT2D eigenvalue weighted by Crippen LogP contribution is 2.52. The summed E-state index contributed by atoms with van der Waals surface area (Å²) in [5.74, 6) is -1.17. The Morgan fingerprint density at radius 2 is 1.83 bits per heavy atom. The molecule has 1 aromatic rings. The van der Waals surface area contributed by atoms with Gasteiger partial charge in [0.15, 0.2) is 17.6 Å². The maximum atomic E-state index is 12.8. The van der Waals surface area contributed by atoms with E-state index in [9.17, 15) is 14.4 Å². The van der Waals surface area contributed by atoms with E-state index in [2.05, 4.69) is 5.10 Å². The van der Waals surface area contributed by atoms with E-state index in [1.165, 1.54) is 33.4 Å². The number of allylic oxidation sites excluding steroid dienone is 2. The van der Waals surface area contributed by atoms with Gasteiger partial charge in [0, 0.05) is 16.7 Å². The van der Waals surface area contributed by atoms with E-state index >= 15 is 0 Å². The van der Waals surface area contributed by atoms with Crippen molar-refractivity contribution in [2.24, 2.45) is 28.8 Å². The number of halogens is 1. The minimum absolute atomic E-state index is 0.0997. The first-order chi connectivity index (χ1) is 14.3. The molecule has 2 bridgehead atoms. The number of esters is 1. The number of fused-ring (bicyclic) bond motifs is 5. The van der Waals surface area contributed by atoms with Gasteiger partial charge in [-0.3, -0.25) is 9.59 Å². The molecule has 0 spiro atoms. The third kappa shape index (κ3) is 3.25. The van der Waals surface area contributed by atoms with Crippen molar-refractivity contribution < 1.29 is 28.6 Å². The molecule has 8 nitrogen and oxygen atoms in total. The minimum Gasteiger partial charge on any atom is -0.493 e. The van der Waals surface area contributed by atoms with E-state index < -0.39 is 12.1 Å². The number of rotatable bonds is 6. The molecule has 5 atom stereocenters. The van der Waals surface area contributed by atoms with Crippen molar-refractivity contribution in [1.82, 2.24) is 5.01 Å². The molecule has 0 radical (unpaired) electrons. The Morgan fingerprint density at radius 1 is 1.20 bits per heavy atom. The second kappa shape index (κ2) is 7.75. The lowest BCUT2D eigenvalue weighted by atomic mass is 9.85. The second-order valence-electron chi connectivity index (χ2n) is 7.54.